The second-order valence-electron chi connectivity index (χ2n) is 7.87. The fourth-order valence-electron chi connectivity index (χ4n) is 3.54. The number of anilines is 2. The van der Waals surface area contributed by atoms with Crippen molar-refractivity contribution in [2.24, 2.45) is 0 Å². The molecule has 166 valence electrons. The minimum atomic E-state index is -0.468. The lowest BCUT2D eigenvalue weighted by molar-refractivity contribution is 0.102. The highest BCUT2D eigenvalue weighted by Gasteiger charge is 2.22. The number of ether oxygens (including phenoxy) is 1. The van der Waals surface area contributed by atoms with Crippen LogP contribution in [-0.2, 0) is 6.42 Å². The molecule has 8 heteroatoms. The van der Waals surface area contributed by atoms with E-state index in [-0.39, 0.29) is 11.8 Å². The molecule has 7 nitrogen and oxygen atoms in total. The highest BCUT2D eigenvalue weighted by Crippen LogP contribution is 2.21. The SMILES string of the molecule is CCc1cnc(N2CCC(Oc3ccc(C(=O)Nc4ccc(C)cc4F)cn3)CC2)nc1. The smallest absolute Gasteiger partial charge is 0.257 e. The van der Waals surface area contributed by atoms with Crippen LogP contribution >= 0.6 is 0 Å². The predicted octanol–water partition coefficient (Wildman–Crippen LogP) is 4.18. The van der Waals surface area contributed by atoms with Crippen LogP contribution in [0.25, 0.3) is 0 Å². The van der Waals surface area contributed by atoms with Crippen LogP contribution in [0, 0.1) is 12.7 Å². The van der Waals surface area contributed by atoms with Crippen LogP contribution in [0.1, 0.15) is 41.3 Å². The van der Waals surface area contributed by atoms with Crippen molar-refractivity contribution < 1.29 is 13.9 Å². The molecular formula is C24H26FN5O2. The fraction of sp³-hybridized carbons (Fsp3) is 0.333. The lowest BCUT2D eigenvalue weighted by Gasteiger charge is -2.31. The van der Waals surface area contributed by atoms with E-state index in [0.29, 0.717) is 11.4 Å². The van der Waals surface area contributed by atoms with Crippen molar-refractivity contribution in [1.29, 1.82) is 0 Å². The maximum Gasteiger partial charge on any atom is 0.257 e. The summed E-state index contributed by atoms with van der Waals surface area (Å²) in [4.78, 5) is 27.7. The Morgan fingerprint density at radius 1 is 1.12 bits per heavy atom. The number of amides is 1. The quantitative estimate of drug-likeness (QED) is 0.626. The third-order valence-corrected chi connectivity index (χ3v) is 5.48. The monoisotopic (exact) mass is 435 g/mol. The van der Waals surface area contributed by atoms with Crippen LogP contribution in [-0.4, -0.2) is 40.1 Å². The largest absolute Gasteiger partial charge is 0.474 e. The van der Waals surface area contributed by atoms with Gasteiger partial charge < -0.3 is 15.0 Å². The van der Waals surface area contributed by atoms with Gasteiger partial charge in [-0.1, -0.05) is 13.0 Å². The van der Waals surface area contributed by atoms with Crippen molar-refractivity contribution in [3.8, 4) is 5.88 Å². The Hall–Kier alpha value is -3.55. The van der Waals surface area contributed by atoms with Crippen molar-refractivity contribution in [2.45, 2.75) is 39.2 Å². The van der Waals surface area contributed by atoms with E-state index in [1.807, 2.05) is 12.4 Å². The summed E-state index contributed by atoms with van der Waals surface area (Å²) in [6.45, 7) is 5.48. The molecule has 1 fully saturated rings. The Labute approximate surface area is 186 Å². The van der Waals surface area contributed by atoms with E-state index >= 15 is 0 Å². The molecule has 0 radical (unpaired) electrons. The van der Waals surface area contributed by atoms with Crippen molar-refractivity contribution in [2.75, 3.05) is 23.3 Å². The van der Waals surface area contributed by atoms with Crippen LogP contribution < -0.4 is 15.0 Å². The first kappa shape index (κ1) is 21.7. The summed E-state index contributed by atoms with van der Waals surface area (Å²) < 4.78 is 20.0. The highest BCUT2D eigenvalue weighted by atomic mass is 19.1. The van der Waals surface area contributed by atoms with Crippen molar-refractivity contribution >= 4 is 17.5 Å². The average molecular weight is 436 g/mol. The van der Waals surface area contributed by atoms with Crippen molar-refractivity contribution in [1.82, 2.24) is 15.0 Å². The van der Waals surface area contributed by atoms with Crippen LogP contribution in [0.4, 0.5) is 16.0 Å². The molecule has 1 aliphatic heterocycles. The Kier molecular flexibility index (Phi) is 6.58. The number of aromatic nitrogens is 3. The summed E-state index contributed by atoms with van der Waals surface area (Å²) in [6, 6.07) is 7.96. The molecule has 2 aromatic heterocycles. The zero-order chi connectivity index (χ0) is 22.5. The molecule has 0 spiro atoms. The van der Waals surface area contributed by atoms with Crippen LogP contribution in [0.15, 0.2) is 48.9 Å². The molecule has 1 aliphatic rings. The first-order chi connectivity index (χ1) is 15.5. The molecule has 0 unspecified atom stereocenters. The Morgan fingerprint density at radius 2 is 1.88 bits per heavy atom. The molecule has 3 heterocycles. The van der Waals surface area contributed by atoms with Gasteiger partial charge in [-0.3, -0.25) is 4.79 Å². The predicted molar refractivity (Wildman–Crippen MR) is 121 cm³/mol. The minimum absolute atomic E-state index is 0.0370. The van der Waals surface area contributed by atoms with Crippen molar-refractivity contribution in [3.63, 3.8) is 0 Å². The van der Waals surface area contributed by atoms with Crippen LogP contribution in [0.2, 0.25) is 0 Å². The third-order valence-electron chi connectivity index (χ3n) is 5.48. The fourth-order valence-corrected chi connectivity index (χ4v) is 3.54. The molecule has 1 amide bonds. The Balaban J connectivity index is 1.29. The summed E-state index contributed by atoms with van der Waals surface area (Å²) in [7, 11) is 0. The van der Waals surface area contributed by atoms with Gasteiger partial charge in [0.1, 0.15) is 11.9 Å². The summed E-state index contributed by atoms with van der Waals surface area (Å²) in [5, 5.41) is 2.57. The molecule has 3 aromatic rings. The van der Waals surface area contributed by atoms with Gasteiger partial charge >= 0.3 is 0 Å². The standard InChI is InChI=1S/C24H26FN5O2/c1-3-17-13-27-24(28-14-17)30-10-8-19(9-11-30)32-22-7-5-18(15-26-22)23(31)29-21-6-4-16(2)12-20(21)25/h4-7,12-15,19H,3,8-11H2,1-2H3,(H,29,31). The van der Waals surface area contributed by atoms with Gasteiger partial charge in [0.25, 0.3) is 5.91 Å². The van der Waals surface area contributed by atoms with E-state index in [2.05, 4.69) is 32.1 Å². The van der Waals surface area contributed by atoms with E-state index in [1.165, 1.54) is 12.3 Å². The number of piperidine rings is 1. The minimum Gasteiger partial charge on any atom is -0.474 e. The number of pyridine rings is 1. The number of carbonyl (C=O) groups is 1. The lowest BCUT2D eigenvalue weighted by Crippen LogP contribution is -2.39. The Bertz CT molecular complexity index is 1060. The molecule has 0 saturated carbocycles. The first-order valence-electron chi connectivity index (χ1n) is 10.8. The van der Waals surface area contributed by atoms with E-state index in [4.69, 9.17) is 4.74 Å². The molecule has 0 aliphatic carbocycles. The second-order valence-corrected chi connectivity index (χ2v) is 7.87. The van der Waals surface area contributed by atoms with Gasteiger partial charge in [0, 0.05) is 50.6 Å². The average Bonchev–Trinajstić information content (AvgIpc) is 2.82. The zero-order valence-electron chi connectivity index (χ0n) is 18.2. The van der Waals surface area contributed by atoms with Gasteiger partial charge in [0.15, 0.2) is 0 Å². The first-order valence-corrected chi connectivity index (χ1v) is 10.8. The molecule has 1 N–H and O–H groups in total. The number of nitrogens with zero attached hydrogens (tertiary/aromatic N) is 4. The van der Waals surface area contributed by atoms with Crippen LogP contribution in [0.3, 0.4) is 0 Å². The Morgan fingerprint density at radius 3 is 2.50 bits per heavy atom. The topological polar surface area (TPSA) is 80.2 Å². The molecular weight excluding hydrogens is 409 g/mol. The highest BCUT2D eigenvalue weighted by molar-refractivity contribution is 6.04. The number of rotatable bonds is 6. The maximum absolute atomic E-state index is 14.0. The summed E-state index contributed by atoms with van der Waals surface area (Å²) in [6.07, 6.45) is 7.81. The van der Waals surface area contributed by atoms with Crippen LogP contribution in [0.5, 0.6) is 5.88 Å². The summed E-state index contributed by atoms with van der Waals surface area (Å²) >= 11 is 0. The second kappa shape index (κ2) is 9.72. The van der Waals surface area contributed by atoms with Gasteiger partial charge in [-0.05, 0) is 42.7 Å². The number of nitrogens with one attached hydrogen (secondary N) is 1. The van der Waals surface area contributed by atoms with E-state index in [0.717, 1.165) is 49.4 Å². The molecule has 0 atom stereocenters. The summed E-state index contributed by atoms with van der Waals surface area (Å²) in [5.41, 5.74) is 2.39. The van der Waals surface area contributed by atoms with Gasteiger partial charge in [-0.2, -0.15) is 0 Å². The molecule has 0 bridgehead atoms. The van der Waals surface area contributed by atoms with Gasteiger partial charge in [-0.15, -0.1) is 0 Å². The van der Waals surface area contributed by atoms with E-state index < -0.39 is 11.7 Å². The number of benzene rings is 1. The van der Waals surface area contributed by atoms with Crippen molar-refractivity contribution in [3.05, 3.63) is 71.4 Å². The van der Waals surface area contributed by atoms with E-state index in [1.54, 1.807) is 31.2 Å². The lowest BCUT2D eigenvalue weighted by atomic mass is 10.1. The molecule has 1 aromatic carbocycles. The number of aryl methyl sites for hydroxylation is 2. The molecule has 32 heavy (non-hydrogen) atoms. The number of halogens is 1. The molecule has 4 rings (SSSR count). The third kappa shape index (κ3) is 5.19. The van der Waals surface area contributed by atoms with Gasteiger partial charge in [0.05, 0.1) is 11.3 Å². The maximum atomic E-state index is 14.0. The number of hydrogen-bond donors (Lipinski definition) is 1. The number of carbonyl (C=O) groups excluding carboxylic acids is 1. The van der Waals surface area contributed by atoms with E-state index in [9.17, 15) is 9.18 Å². The zero-order valence-corrected chi connectivity index (χ0v) is 18.2. The van der Waals surface area contributed by atoms with Gasteiger partial charge in [-0.25, -0.2) is 19.3 Å². The van der Waals surface area contributed by atoms with Gasteiger partial charge in [0.2, 0.25) is 11.8 Å². The molecule has 1 saturated heterocycles. The number of hydrogen-bond acceptors (Lipinski definition) is 6. The summed E-state index contributed by atoms with van der Waals surface area (Å²) in [5.74, 6) is 0.322. The normalized spacial score (nSPS) is 14.3.